The standard InChI is InChI=1S/C11H15BrN2O2S/c12-10-2-1-9(17-10)11(16)14-5-3-13(4-6-14)7-8-15/h1-2,15H,3-8H2. The molecule has 1 aromatic rings. The normalized spacial score (nSPS) is 17.4. The van der Waals surface area contributed by atoms with Gasteiger partial charge in [0.1, 0.15) is 0 Å². The molecule has 1 fully saturated rings. The Morgan fingerprint density at radius 3 is 2.59 bits per heavy atom. The second-order valence-electron chi connectivity index (χ2n) is 3.96. The van der Waals surface area contributed by atoms with Gasteiger partial charge in [-0.15, -0.1) is 11.3 Å². The lowest BCUT2D eigenvalue weighted by Gasteiger charge is -2.34. The fourth-order valence-electron chi connectivity index (χ4n) is 1.90. The van der Waals surface area contributed by atoms with Crippen molar-refractivity contribution in [2.75, 3.05) is 39.3 Å². The summed E-state index contributed by atoms with van der Waals surface area (Å²) in [5.74, 6) is 0.115. The van der Waals surface area contributed by atoms with Crippen LogP contribution in [0, 0.1) is 0 Å². The highest BCUT2D eigenvalue weighted by atomic mass is 79.9. The van der Waals surface area contributed by atoms with Gasteiger partial charge in [-0.25, -0.2) is 0 Å². The van der Waals surface area contributed by atoms with Crippen molar-refractivity contribution in [3.8, 4) is 0 Å². The van der Waals surface area contributed by atoms with E-state index >= 15 is 0 Å². The fraction of sp³-hybridized carbons (Fsp3) is 0.545. The molecule has 1 N–H and O–H groups in total. The van der Waals surface area contributed by atoms with Crippen molar-refractivity contribution in [3.05, 3.63) is 20.8 Å². The van der Waals surface area contributed by atoms with Crippen LogP contribution >= 0.6 is 27.3 Å². The molecule has 4 nitrogen and oxygen atoms in total. The first-order valence-electron chi connectivity index (χ1n) is 5.58. The summed E-state index contributed by atoms with van der Waals surface area (Å²) in [5.41, 5.74) is 0. The molecule has 1 saturated heterocycles. The van der Waals surface area contributed by atoms with Gasteiger partial charge in [-0.3, -0.25) is 9.69 Å². The van der Waals surface area contributed by atoms with Crippen LogP contribution in [0.1, 0.15) is 9.67 Å². The SMILES string of the molecule is O=C(c1ccc(Br)s1)N1CCN(CCO)CC1. The Morgan fingerprint density at radius 2 is 2.06 bits per heavy atom. The van der Waals surface area contributed by atoms with Gasteiger partial charge in [-0.05, 0) is 28.1 Å². The van der Waals surface area contributed by atoms with Crippen molar-refractivity contribution in [2.45, 2.75) is 0 Å². The van der Waals surface area contributed by atoms with Gasteiger partial charge < -0.3 is 10.0 Å². The molecule has 17 heavy (non-hydrogen) atoms. The number of piperazine rings is 1. The number of aliphatic hydroxyl groups is 1. The van der Waals surface area contributed by atoms with Crippen LogP contribution in [0.25, 0.3) is 0 Å². The van der Waals surface area contributed by atoms with E-state index in [2.05, 4.69) is 20.8 Å². The molecular formula is C11H15BrN2O2S. The Morgan fingerprint density at radius 1 is 1.35 bits per heavy atom. The summed E-state index contributed by atoms with van der Waals surface area (Å²) in [6.45, 7) is 4.07. The Hall–Kier alpha value is -0.430. The second kappa shape index (κ2) is 5.95. The zero-order valence-electron chi connectivity index (χ0n) is 9.43. The number of rotatable bonds is 3. The maximum absolute atomic E-state index is 12.1. The summed E-state index contributed by atoms with van der Waals surface area (Å²) < 4.78 is 0.986. The van der Waals surface area contributed by atoms with E-state index in [9.17, 15) is 4.79 Å². The number of halogens is 1. The van der Waals surface area contributed by atoms with Crippen LogP contribution in [-0.4, -0.2) is 60.1 Å². The van der Waals surface area contributed by atoms with Crippen molar-refractivity contribution >= 4 is 33.2 Å². The minimum Gasteiger partial charge on any atom is -0.395 e. The number of hydrogen-bond donors (Lipinski definition) is 1. The molecule has 0 aromatic carbocycles. The number of hydrogen-bond acceptors (Lipinski definition) is 4. The first-order valence-corrected chi connectivity index (χ1v) is 7.19. The van der Waals surface area contributed by atoms with Crippen molar-refractivity contribution in [3.63, 3.8) is 0 Å². The van der Waals surface area contributed by atoms with E-state index in [1.165, 1.54) is 11.3 Å². The molecule has 1 amide bonds. The molecule has 1 aromatic heterocycles. The van der Waals surface area contributed by atoms with Gasteiger partial charge in [0.05, 0.1) is 15.3 Å². The number of carbonyl (C=O) groups is 1. The number of carbonyl (C=O) groups excluding carboxylic acids is 1. The molecule has 0 spiro atoms. The van der Waals surface area contributed by atoms with Crippen LogP contribution in [0.2, 0.25) is 0 Å². The number of aliphatic hydroxyl groups excluding tert-OH is 1. The average molecular weight is 319 g/mol. The van der Waals surface area contributed by atoms with Gasteiger partial charge in [0, 0.05) is 32.7 Å². The molecule has 0 aliphatic carbocycles. The van der Waals surface area contributed by atoms with Crippen LogP contribution in [0.15, 0.2) is 15.9 Å². The molecule has 6 heteroatoms. The second-order valence-corrected chi connectivity index (χ2v) is 6.42. The van der Waals surface area contributed by atoms with Gasteiger partial charge in [0.25, 0.3) is 5.91 Å². The maximum atomic E-state index is 12.1. The quantitative estimate of drug-likeness (QED) is 0.912. The summed E-state index contributed by atoms with van der Waals surface area (Å²) >= 11 is 4.84. The molecular weight excluding hydrogens is 304 g/mol. The molecule has 2 rings (SSSR count). The highest BCUT2D eigenvalue weighted by molar-refractivity contribution is 9.11. The average Bonchev–Trinajstić information content (AvgIpc) is 2.76. The first kappa shape index (κ1) is 13.0. The van der Waals surface area contributed by atoms with E-state index in [4.69, 9.17) is 5.11 Å². The smallest absolute Gasteiger partial charge is 0.264 e. The predicted octanol–water partition coefficient (Wildman–Crippen LogP) is 1.26. The van der Waals surface area contributed by atoms with E-state index < -0.39 is 0 Å². The lowest BCUT2D eigenvalue weighted by atomic mass is 10.3. The lowest BCUT2D eigenvalue weighted by molar-refractivity contribution is 0.0619. The number of β-amino-alcohol motifs (C(OH)–C–C–N with tert-alkyl or cyclic N) is 1. The van der Waals surface area contributed by atoms with E-state index in [1.54, 1.807) is 0 Å². The highest BCUT2D eigenvalue weighted by Crippen LogP contribution is 2.23. The predicted molar refractivity (Wildman–Crippen MR) is 71.4 cm³/mol. The van der Waals surface area contributed by atoms with Crippen molar-refractivity contribution in [1.82, 2.24) is 9.80 Å². The number of amides is 1. The van der Waals surface area contributed by atoms with Gasteiger partial charge in [0.2, 0.25) is 0 Å². The van der Waals surface area contributed by atoms with Gasteiger partial charge in [0.15, 0.2) is 0 Å². The molecule has 1 aliphatic rings. The summed E-state index contributed by atoms with van der Waals surface area (Å²) in [5, 5.41) is 8.85. The van der Waals surface area contributed by atoms with Crippen LogP contribution < -0.4 is 0 Å². The van der Waals surface area contributed by atoms with Crippen LogP contribution in [0.3, 0.4) is 0 Å². The minimum atomic E-state index is 0.115. The molecule has 0 bridgehead atoms. The van der Waals surface area contributed by atoms with E-state index in [-0.39, 0.29) is 12.5 Å². The van der Waals surface area contributed by atoms with E-state index in [0.29, 0.717) is 6.54 Å². The monoisotopic (exact) mass is 318 g/mol. The van der Waals surface area contributed by atoms with Crippen molar-refractivity contribution in [2.24, 2.45) is 0 Å². The van der Waals surface area contributed by atoms with Gasteiger partial charge in [-0.1, -0.05) is 0 Å². The molecule has 2 heterocycles. The Labute approximate surface area is 113 Å². The van der Waals surface area contributed by atoms with Crippen LogP contribution in [0.4, 0.5) is 0 Å². The van der Waals surface area contributed by atoms with Gasteiger partial charge >= 0.3 is 0 Å². The first-order chi connectivity index (χ1) is 8.20. The number of nitrogens with zero attached hydrogens (tertiary/aromatic N) is 2. The molecule has 0 saturated carbocycles. The largest absolute Gasteiger partial charge is 0.395 e. The van der Waals surface area contributed by atoms with Crippen molar-refractivity contribution in [1.29, 1.82) is 0 Å². The Bertz CT molecular complexity index is 389. The summed E-state index contributed by atoms with van der Waals surface area (Å²) in [4.78, 5) is 17.0. The lowest BCUT2D eigenvalue weighted by Crippen LogP contribution is -2.49. The topological polar surface area (TPSA) is 43.8 Å². The zero-order valence-corrected chi connectivity index (χ0v) is 11.8. The number of thiophene rings is 1. The molecule has 0 unspecified atom stereocenters. The minimum absolute atomic E-state index is 0.115. The van der Waals surface area contributed by atoms with E-state index in [0.717, 1.165) is 34.8 Å². The molecule has 1 aliphatic heterocycles. The summed E-state index contributed by atoms with van der Waals surface area (Å²) in [6, 6.07) is 3.76. The summed E-state index contributed by atoms with van der Waals surface area (Å²) in [7, 11) is 0. The third-order valence-electron chi connectivity index (χ3n) is 2.86. The molecule has 94 valence electrons. The molecule has 0 radical (unpaired) electrons. The van der Waals surface area contributed by atoms with E-state index in [1.807, 2.05) is 17.0 Å². The third kappa shape index (κ3) is 3.28. The molecule has 0 atom stereocenters. The third-order valence-corrected chi connectivity index (χ3v) is 4.47. The highest BCUT2D eigenvalue weighted by Gasteiger charge is 2.22. The zero-order chi connectivity index (χ0) is 12.3. The Balaban J connectivity index is 1.90. The fourth-order valence-corrected chi connectivity index (χ4v) is 3.26. The van der Waals surface area contributed by atoms with Gasteiger partial charge in [-0.2, -0.15) is 0 Å². The summed E-state index contributed by atoms with van der Waals surface area (Å²) in [6.07, 6.45) is 0. The van der Waals surface area contributed by atoms with Crippen LogP contribution in [0.5, 0.6) is 0 Å². The maximum Gasteiger partial charge on any atom is 0.264 e. The van der Waals surface area contributed by atoms with Crippen molar-refractivity contribution < 1.29 is 9.90 Å². The Kier molecular flexibility index (Phi) is 4.55. The van der Waals surface area contributed by atoms with Crippen LogP contribution in [-0.2, 0) is 0 Å².